The molecule has 2 heterocycles. The Balaban J connectivity index is 2.20. The summed E-state index contributed by atoms with van der Waals surface area (Å²) in [6, 6.07) is 0. The zero-order valence-electron chi connectivity index (χ0n) is 6.48. The molecule has 0 N–H and O–H groups in total. The Hall–Kier alpha value is -0.520. The Bertz CT molecular complexity index is 307. The summed E-state index contributed by atoms with van der Waals surface area (Å²) < 4.78 is 38.9. The van der Waals surface area contributed by atoms with Gasteiger partial charge in [0.05, 0.1) is 5.92 Å². The van der Waals surface area contributed by atoms with E-state index in [1.165, 1.54) is 0 Å². The number of nitrogens with zero attached hydrogens (tertiary/aromatic N) is 2. The van der Waals surface area contributed by atoms with Gasteiger partial charge in [0.1, 0.15) is 10.4 Å². The van der Waals surface area contributed by atoms with Crippen molar-refractivity contribution in [3.8, 4) is 0 Å². The fourth-order valence-electron chi connectivity index (χ4n) is 1.48. The predicted octanol–water partition coefficient (Wildman–Crippen LogP) is 2.38. The minimum Gasteiger partial charge on any atom is -0.333 e. The molecule has 0 fully saturated rings. The molecule has 1 aromatic heterocycles. The highest BCUT2D eigenvalue weighted by molar-refractivity contribution is 9.10. The molecule has 1 aromatic rings. The van der Waals surface area contributed by atoms with E-state index in [1.807, 2.05) is 0 Å². The largest absolute Gasteiger partial charge is 0.393 e. The second-order valence-corrected chi connectivity index (χ2v) is 3.89. The molecule has 72 valence electrons. The molecule has 13 heavy (non-hydrogen) atoms. The second kappa shape index (κ2) is 2.73. The van der Waals surface area contributed by atoms with E-state index in [1.54, 1.807) is 10.8 Å². The maximum absolute atomic E-state index is 12.3. The molecule has 2 rings (SSSR count). The van der Waals surface area contributed by atoms with Gasteiger partial charge in [-0.05, 0) is 15.9 Å². The van der Waals surface area contributed by atoms with Crippen LogP contribution in [0.4, 0.5) is 13.2 Å². The van der Waals surface area contributed by atoms with Gasteiger partial charge in [0.2, 0.25) is 0 Å². The lowest BCUT2D eigenvalue weighted by molar-refractivity contribution is -0.173. The smallest absolute Gasteiger partial charge is 0.333 e. The first-order chi connectivity index (χ1) is 5.97. The summed E-state index contributed by atoms with van der Waals surface area (Å²) in [4.78, 5) is 3.93. The summed E-state index contributed by atoms with van der Waals surface area (Å²) in [5, 5.41) is 0. The molecule has 0 aliphatic carbocycles. The number of fused-ring (bicyclic) bond motifs is 1. The second-order valence-electron chi connectivity index (χ2n) is 3.07. The Labute approximate surface area is 80.9 Å². The Kier molecular flexibility index (Phi) is 1.90. The third kappa shape index (κ3) is 1.59. The van der Waals surface area contributed by atoms with Crippen LogP contribution in [0.2, 0.25) is 0 Å². The van der Waals surface area contributed by atoms with Crippen molar-refractivity contribution in [3.05, 3.63) is 16.6 Å². The molecular weight excluding hydrogens is 249 g/mol. The summed E-state index contributed by atoms with van der Waals surface area (Å²) >= 11 is 3.11. The van der Waals surface area contributed by atoms with Gasteiger partial charge in [0.15, 0.2) is 0 Å². The minimum absolute atomic E-state index is 0.00255. The van der Waals surface area contributed by atoms with Crippen LogP contribution in [-0.2, 0) is 13.0 Å². The average molecular weight is 255 g/mol. The molecule has 1 aliphatic heterocycles. The summed E-state index contributed by atoms with van der Waals surface area (Å²) in [5.41, 5.74) is 0. The van der Waals surface area contributed by atoms with Crippen LogP contribution in [-0.4, -0.2) is 15.7 Å². The molecule has 1 unspecified atom stereocenters. The Morgan fingerprint density at radius 1 is 1.54 bits per heavy atom. The molecule has 0 spiro atoms. The zero-order chi connectivity index (χ0) is 9.64. The zero-order valence-corrected chi connectivity index (χ0v) is 8.06. The third-order valence-electron chi connectivity index (χ3n) is 2.14. The summed E-state index contributed by atoms with van der Waals surface area (Å²) in [5.74, 6) is -0.752. The van der Waals surface area contributed by atoms with Crippen LogP contribution in [0.1, 0.15) is 5.82 Å². The van der Waals surface area contributed by atoms with E-state index in [4.69, 9.17) is 0 Å². The van der Waals surface area contributed by atoms with Crippen LogP contribution in [0.5, 0.6) is 0 Å². The van der Waals surface area contributed by atoms with Crippen LogP contribution >= 0.6 is 15.9 Å². The van der Waals surface area contributed by atoms with E-state index in [0.29, 0.717) is 10.4 Å². The Morgan fingerprint density at radius 2 is 2.23 bits per heavy atom. The predicted molar refractivity (Wildman–Crippen MR) is 43.2 cm³/mol. The molecule has 0 saturated heterocycles. The SMILES string of the molecule is FC(F)(F)C1Cc2nc(Br)cn2C1. The molecule has 0 aromatic carbocycles. The summed E-state index contributed by atoms with van der Waals surface area (Å²) in [7, 11) is 0. The number of hydrogen-bond donors (Lipinski definition) is 0. The number of rotatable bonds is 0. The first-order valence-corrected chi connectivity index (χ1v) is 4.54. The molecule has 6 heteroatoms. The first-order valence-electron chi connectivity index (χ1n) is 3.75. The molecule has 1 aliphatic rings. The van der Waals surface area contributed by atoms with E-state index >= 15 is 0 Å². The summed E-state index contributed by atoms with van der Waals surface area (Å²) in [6.45, 7) is -0.00255. The van der Waals surface area contributed by atoms with Crippen molar-refractivity contribution >= 4 is 15.9 Å². The van der Waals surface area contributed by atoms with Crippen LogP contribution in [0.25, 0.3) is 0 Å². The van der Waals surface area contributed by atoms with Gasteiger partial charge in [-0.2, -0.15) is 13.2 Å². The highest BCUT2D eigenvalue weighted by atomic mass is 79.9. The maximum Gasteiger partial charge on any atom is 0.393 e. The van der Waals surface area contributed by atoms with E-state index in [0.717, 1.165) is 0 Å². The quantitative estimate of drug-likeness (QED) is 0.695. The highest BCUT2D eigenvalue weighted by Crippen LogP contribution is 2.34. The molecule has 2 nitrogen and oxygen atoms in total. The fraction of sp³-hybridized carbons (Fsp3) is 0.571. The molecule has 1 atom stereocenters. The van der Waals surface area contributed by atoms with Crippen molar-refractivity contribution in [1.82, 2.24) is 9.55 Å². The first kappa shape index (κ1) is 9.05. The minimum atomic E-state index is -4.10. The van der Waals surface area contributed by atoms with Crippen LogP contribution in [0.15, 0.2) is 10.8 Å². The van der Waals surface area contributed by atoms with E-state index in [9.17, 15) is 13.2 Å². The molecule has 0 radical (unpaired) electrons. The van der Waals surface area contributed by atoms with Crippen molar-refractivity contribution in [2.75, 3.05) is 0 Å². The van der Waals surface area contributed by atoms with Gasteiger partial charge in [0.25, 0.3) is 0 Å². The lowest BCUT2D eigenvalue weighted by Crippen LogP contribution is -2.23. The highest BCUT2D eigenvalue weighted by Gasteiger charge is 2.43. The normalized spacial score (nSPS) is 22.0. The maximum atomic E-state index is 12.3. The summed E-state index contributed by atoms with van der Waals surface area (Å²) in [6.07, 6.45) is -2.52. The molecule has 0 amide bonds. The van der Waals surface area contributed by atoms with Crippen LogP contribution in [0.3, 0.4) is 0 Å². The molecule has 0 saturated carbocycles. The van der Waals surface area contributed by atoms with Crippen LogP contribution in [0, 0.1) is 5.92 Å². The van der Waals surface area contributed by atoms with E-state index in [-0.39, 0.29) is 13.0 Å². The fourth-order valence-corrected chi connectivity index (χ4v) is 1.93. The topological polar surface area (TPSA) is 17.8 Å². The number of halogens is 4. The number of hydrogen-bond acceptors (Lipinski definition) is 1. The lowest BCUT2D eigenvalue weighted by atomic mass is 10.1. The van der Waals surface area contributed by atoms with Crippen molar-refractivity contribution in [2.24, 2.45) is 5.92 Å². The van der Waals surface area contributed by atoms with Gasteiger partial charge in [-0.3, -0.25) is 0 Å². The van der Waals surface area contributed by atoms with Gasteiger partial charge in [-0.15, -0.1) is 0 Å². The van der Waals surface area contributed by atoms with Crippen molar-refractivity contribution in [3.63, 3.8) is 0 Å². The Morgan fingerprint density at radius 3 is 2.77 bits per heavy atom. The lowest BCUT2D eigenvalue weighted by Gasteiger charge is -2.12. The van der Waals surface area contributed by atoms with Crippen molar-refractivity contribution in [2.45, 2.75) is 19.1 Å². The van der Waals surface area contributed by atoms with Gasteiger partial charge >= 0.3 is 6.18 Å². The average Bonchev–Trinajstić information content (AvgIpc) is 2.40. The van der Waals surface area contributed by atoms with Crippen molar-refractivity contribution < 1.29 is 13.2 Å². The van der Waals surface area contributed by atoms with E-state index in [2.05, 4.69) is 20.9 Å². The van der Waals surface area contributed by atoms with Gasteiger partial charge in [-0.25, -0.2) is 4.98 Å². The van der Waals surface area contributed by atoms with Gasteiger partial charge < -0.3 is 4.57 Å². The van der Waals surface area contributed by atoms with Crippen LogP contribution < -0.4 is 0 Å². The monoisotopic (exact) mass is 254 g/mol. The van der Waals surface area contributed by atoms with Gasteiger partial charge in [0, 0.05) is 19.2 Å². The molecule has 0 bridgehead atoms. The number of aromatic nitrogens is 2. The molecular formula is C7H6BrF3N2. The number of imidazole rings is 1. The van der Waals surface area contributed by atoms with Gasteiger partial charge in [-0.1, -0.05) is 0 Å². The third-order valence-corrected chi connectivity index (χ3v) is 2.52. The standard InChI is InChI=1S/C7H6BrF3N2/c8-5-3-13-2-4(7(9,10)11)1-6(13)12-5/h3-4H,1-2H2. The number of alkyl halides is 3. The van der Waals surface area contributed by atoms with Crippen molar-refractivity contribution in [1.29, 1.82) is 0 Å². The van der Waals surface area contributed by atoms with E-state index < -0.39 is 12.1 Å².